The number of esters is 1. The van der Waals surface area contributed by atoms with Crippen LogP contribution >= 0.6 is 27.3 Å². The van der Waals surface area contributed by atoms with Crippen molar-refractivity contribution in [3.05, 3.63) is 78.1 Å². The standard InChI is InChI=1S/C26H27BrN4O6S/c1-14-21-17(11-30(14)24(35)18-12-38-13-29-18)22(33)20(23(34)28-9-19(32)37-26(2,3)4)25(36)31(21)10-15-5-7-16(27)8-6-15/h5-8,12-14,33H,9-11H2,1-4H3,(H,28,34). The minimum absolute atomic E-state index is 0.0222. The predicted molar refractivity (Wildman–Crippen MR) is 144 cm³/mol. The van der Waals surface area contributed by atoms with Crippen molar-refractivity contribution < 1.29 is 24.2 Å². The zero-order chi connectivity index (χ0) is 27.8. The van der Waals surface area contributed by atoms with Crippen LogP contribution in [0.15, 0.2) is 44.4 Å². The third-order valence-corrected chi connectivity index (χ3v) is 7.10. The summed E-state index contributed by atoms with van der Waals surface area (Å²) in [5.74, 6) is -2.47. The molecule has 200 valence electrons. The molecule has 3 heterocycles. The lowest BCUT2D eigenvalue weighted by Gasteiger charge is -2.22. The van der Waals surface area contributed by atoms with Gasteiger partial charge in [-0.25, -0.2) is 4.98 Å². The maximum absolute atomic E-state index is 13.7. The average Bonchev–Trinajstić information content (AvgIpc) is 3.49. The third kappa shape index (κ3) is 5.65. The quantitative estimate of drug-likeness (QED) is 0.412. The van der Waals surface area contributed by atoms with Crippen LogP contribution in [0.25, 0.3) is 0 Å². The Hall–Kier alpha value is -3.51. The van der Waals surface area contributed by atoms with Gasteiger partial charge in [0.25, 0.3) is 17.4 Å². The van der Waals surface area contributed by atoms with Crippen molar-refractivity contribution in [1.82, 2.24) is 19.8 Å². The van der Waals surface area contributed by atoms with Crippen molar-refractivity contribution in [1.29, 1.82) is 0 Å². The molecule has 2 amide bonds. The number of aromatic hydroxyl groups is 1. The van der Waals surface area contributed by atoms with E-state index in [-0.39, 0.29) is 24.7 Å². The first-order valence-corrected chi connectivity index (χ1v) is 13.5. The number of hydrogen-bond acceptors (Lipinski definition) is 8. The molecule has 0 aliphatic carbocycles. The minimum atomic E-state index is -0.914. The highest BCUT2D eigenvalue weighted by Crippen LogP contribution is 2.39. The molecule has 2 aromatic heterocycles. The molecular weight excluding hydrogens is 576 g/mol. The molecule has 0 fully saturated rings. The van der Waals surface area contributed by atoms with Crippen molar-refractivity contribution in [3.63, 3.8) is 0 Å². The molecule has 1 atom stereocenters. The summed E-state index contributed by atoms with van der Waals surface area (Å²) in [6, 6.07) is 6.74. The fourth-order valence-electron chi connectivity index (χ4n) is 4.33. The van der Waals surface area contributed by atoms with E-state index < -0.39 is 46.9 Å². The van der Waals surface area contributed by atoms with E-state index in [1.165, 1.54) is 20.8 Å². The van der Waals surface area contributed by atoms with Crippen LogP contribution in [0.1, 0.15) is 71.4 Å². The first-order valence-electron chi connectivity index (χ1n) is 11.8. The molecule has 1 unspecified atom stereocenters. The molecule has 1 aliphatic rings. The van der Waals surface area contributed by atoms with E-state index >= 15 is 0 Å². The van der Waals surface area contributed by atoms with Gasteiger partial charge >= 0.3 is 5.97 Å². The minimum Gasteiger partial charge on any atom is -0.506 e. The molecule has 38 heavy (non-hydrogen) atoms. The number of pyridine rings is 1. The highest BCUT2D eigenvalue weighted by atomic mass is 79.9. The fourth-order valence-corrected chi connectivity index (χ4v) is 5.12. The molecule has 3 aromatic rings. The van der Waals surface area contributed by atoms with E-state index in [1.807, 2.05) is 24.3 Å². The maximum Gasteiger partial charge on any atom is 0.325 e. The Kier molecular flexibility index (Phi) is 7.75. The van der Waals surface area contributed by atoms with E-state index in [9.17, 15) is 24.3 Å². The molecule has 4 rings (SSSR count). The van der Waals surface area contributed by atoms with Crippen molar-refractivity contribution in [2.24, 2.45) is 0 Å². The summed E-state index contributed by atoms with van der Waals surface area (Å²) < 4.78 is 7.47. The summed E-state index contributed by atoms with van der Waals surface area (Å²) in [4.78, 5) is 57.7. The summed E-state index contributed by atoms with van der Waals surface area (Å²) in [5.41, 5.74) is 1.32. The number of benzene rings is 1. The zero-order valence-electron chi connectivity index (χ0n) is 21.3. The molecule has 2 N–H and O–H groups in total. The van der Waals surface area contributed by atoms with E-state index in [1.54, 1.807) is 38.6 Å². The highest BCUT2D eigenvalue weighted by molar-refractivity contribution is 9.10. The van der Waals surface area contributed by atoms with Gasteiger partial charge in [0.1, 0.15) is 29.2 Å². The Morgan fingerprint density at radius 1 is 1.24 bits per heavy atom. The molecular formula is C26H27BrN4O6S. The number of halogens is 1. The first kappa shape index (κ1) is 27.5. The Labute approximate surface area is 231 Å². The van der Waals surface area contributed by atoms with Gasteiger partial charge in [0.05, 0.1) is 30.3 Å². The summed E-state index contributed by atoms with van der Waals surface area (Å²) in [7, 11) is 0. The van der Waals surface area contributed by atoms with Gasteiger partial charge in [0, 0.05) is 15.4 Å². The number of ether oxygens (including phenoxy) is 1. The summed E-state index contributed by atoms with van der Waals surface area (Å²) in [6.45, 7) is 6.44. The SMILES string of the molecule is CC1c2c(c(O)c(C(=O)NCC(=O)OC(C)(C)C)c(=O)n2Cc2ccc(Br)cc2)CN1C(=O)c1cscn1. The zero-order valence-corrected chi connectivity index (χ0v) is 23.7. The van der Waals surface area contributed by atoms with E-state index in [4.69, 9.17) is 4.74 Å². The van der Waals surface area contributed by atoms with Crippen LogP contribution in [0.2, 0.25) is 0 Å². The van der Waals surface area contributed by atoms with Gasteiger partial charge in [-0.1, -0.05) is 28.1 Å². The molecule has 0 bridgehead atoms. The highest BCUT2D eigenvalue weighted by Gasteiger charge is 2.39. The number of aromatic nitrogens is 2. The molecule has 1 aromatic carbocycles. The van der Waals surface area contributed by atoms with Crippen molar-refractivity contribution in [3.8, 4) is 5.75 Å². The van der Waals surface area contributed by atoms with Crippen molar-refractivity contribution in [2.75, 3.05) is 6.54 Å². The second-order valence-electron chi connectivity index (χ2n) is 9.86. The predicted octanol–water partition coefficient (Wildman–Crippen LogP) is 3.61. The molecule has 0 saturated carbocycles. The molecule has 0 radical (unpaired) electrons. The van der Waals surface area contributed by atoms with Gasteiger partial charge in [-0.2, -0.15) is 0 Å². The van der Waals surface area contributed by atoms with Crippen LogP contribution < -0.4 is 10.9 Å². The number of amides is 2. The monoisotopic (exact) mass is 602 g/mol. The lowest BCUT2D eigenvalue weighted by atomic mass is 10.1. The van der Waals surface area contributed by atoms with Gasteiger partial charge < -0.3 is 24.6 Å². The second-order valence-corrected chi connectivity index (χ2v) is 11.5. The number of carbonyl (C=O) groups excluding carboxylic acids is 3. The van der Waals surface area contributed by atoms with Crippen molar-refractivity contribution >= 4 is 45.1 Å². The largest absolute Gasteiger partial charge is 0.506 e. The van der Waals surface area contributed by atoms with Crippen LogP contribution in [-0.2, 0) is 22.6 Å². The van der Waals surface area contributed by atoms with Gasteiger partial charge in [-0.05, 0) is 45.4 Å². The van der Waals surface area contributed by atoms with Gasteiger partial charge in [0.15, 0.2) is 0 Å². The number of thiazole rings is 1. The number of fused-ring (bicyclic) bond motifs is 1. The summed E-state index contributed by atoms with van der Waals surface area (Å²) in [5, 5.41) is 15.1. The van der Waals surface area contributed by atoms with Gasteiger partial charge in [-0.3, -0.25) is 19.2 Å². The number of rotatable bonds is 6. The maximum atomic E-state index is 13.7. The second kappa shape index (κ2) is 10.7. The Morgan fingerprint density at radius 3 is 2.53 bits per heavy atom. The Balaban J connectivity index is 1.75. The summed E-state index contributed by atoms with van der Waals surface area (Å²) in [6.07, 6.45) is 0. The summed E-state index contributed by atoms with van der Waals surface area (Å²) >= 11 is 4.68. The molecule has 0 saturated heterocycles. The van der Waals surface area contributed by atoms with Crippen LogP contribution in [0.4, 0.5) is 0 Å². The number of nitrogens with zero attached hydrogens (tertiary/aromatic N) is 3. The van der Waals surface area contributed by atoms with Gasteiger partial charge in [0.2, 0.25) is 0 Å². The fraction of sp³-hybridized carbons (Fsp3) is 0.346. The van der Waals surface area contributed by atoms with Crippen molar-refractivity contribution in [2.45, 2.75) is 52.4 Å². The van der Waals surface area contributed by atoms with Crippen LogP contribution in [0.3, 0.4) is 0 Å². The van der Waals surface area contributed by atoms with Crippen LogP contribution in [0, 0.1) is 0 Å². The third-order valence-electron chi connectivity index (χ3n) is 5.98. The van der Waals surface area contributed by atoms with Crippen LogP contribution in [-0.4, -0.2) is 49.5 Å². The van der Waals surface area contributed by atoms with E-state index in [2.05, 4.69) is 26.2 Å². The van der Waals surface area contributed by atoms with E-state index in [0.717, 1.165) is 10.0 Å². The molecule has 12 heteroatoms. The lowest BCUT2D eigenvalue weighted by molar-refractivity contribution is -0.153. The molecule has 0 spiro atoms. The normalized spacial score (nSPS) is 14.8. The smallest absolute Gasteiger partial charge is 0.325 e. The Morgan fingerprint density at radius 2 is 1.92 bits per heavy atom. The molecule has 1 aliphatic heterocycles. The average molecular weight is 603 g/mol. The number of hydrogen-bond donors (Lipinski definition) is 2. The number of carbonyl (C=O) groups is 3. The number of nitrogens with one attached hydrogen (secondary N) is 1. The topological polar surface area (TPSA) is 131 Å². The lowest BCUT2D eigenvalue weighted by Crippen LogP contribution is -2.39. The Bertz CT molecular complexity index is 1440. The first-order chi connectivity index (χ1) is 17.9. The van der Waals surface area contributed by atoms with Crippen LogP contribution in [0.5, 0.6) is 5.75 Å². The molecule has 10 nitrogen and oxygen atoms in total. The van der Waals surface area contributed by atoms with Gasteiger partial charge in [-0.15, -0.1) is 11.3 Å². The van der Waals surface area contributed by atoms with E-state index in [0.29, 0.717) is 11.3 Å².